The first-order valence-corrected chi connectivity index (χ1v) is 11.5. The lowest BCUT2D eigenvalue weighted by atomic mass is 9.94. The van der Waals surface area contributed by atoms with Crippen molar-refractivity contribution < 1.29 is 9.59 Å². The lowest BCUT2D eigenvalue weighted by molar-refractivity contribution is -0.130. The normalized spacial score (nSPS) is 21.1. The predicted molar refractivity (Wildman–Crippen MR) is 111 cm³/mol. The molecule has 1 aromatic carbocycles. The summed E-state index contributed by atoms with van der Waals surface area (Å²) in [4.78, 5) is 25.6. The Morgan fingerprint density at radius 2 is 1.93 bits per heavy atom. The van der Waals surface area contributed by atoms with Crippen molar-refractivity contribution in [2.75, 3.05) is 12.0 Å². The molecule has 1 aromatic rings. The fourth-order valence-electron chi connectivity index (χ4n) is 3.97. The molecular formula is C21H31N3O2S. The molecule has 6 heteroatoms. The number of thioether (sulfide) groups is 1. The van der Waals surface area contributed by atoms with Crippen LogP contribution in [0.4, 0.5) is 0 Å². The van der Waals surface area contributed by atoms with E-state index in [4.69, 9.17) is 0 Å². The van der Waals surface area contributed by atoms with Crippen molar-refractivity contribution in [2.45, 2.75) is 69.6 Å². The Morgan fingerprint density at radius 1 is 1.19 bits per heavy atom. The van der Waals surface area contributed by atoms with Crippen molar-refractivity contribution in [3.63, 3.8) is 0 Å². The predicted octanol–water partition coefficient (Wildman–Crippen LogP) is 2.39. The van der Waals surface area contributed by atoms with Gasteiger partial charge >= 0.3 is 0 Å². The fourth-order valence-corrected chi connectivity index (χ4v) is 4.44. The Morgan fingerprint density at radius 3 is 2.67 bits per heavy atom. The number of rotatable bonds is 7. The Hall–Kier alpha value is -1.53. The molecule has 148 valence electrons. The SMILES string of the molecule is CSCC[C@H](NC(=O)[C@@H]1Cc2ccccc2CN1)C(=O)NC1CCCCC1. The third-order valence-corrected chi connectivity index (χ3v) is 6.24. The molecule has 2 aliphatic rings. The van der Waals surface area contributed by atoms with Gasteiger partial charge in [0.1, 0.15) is 6.04 Å². The maximum atomic E-state index is 12.8. The molecule has 0 saturated heterocycles. The van der Waals surface area contributed by atoms with Crippen LogP contribution in [-0.4, -0.2) is 41.9 Å². The molecule has 5 nitrogen and oxygen atoms in total. The highest BCUT2D eigenvalue weighted by Gasteiger charge is 2.29. The average molecular weight is 390 g/mol. The Labute approximate surface area is 166 Å². The first kappa shape index (κ1) is 20.2. The number of nitrogens with one attached hydrogen (secondary N) is 3. The molecule has 3 rings (SSSR count). The number of hydrogen-bond donors (Lipinski definition) is 3. The second-order valence-electron chi connectivity index (χ2n) is 7.59. The van der Waals surface area contributed by atoms with Crippen molar-refractivity contribution >= 4 is 23.6 Å². The van der Waals surface area contributed by atoms with Crippen molar-refractivity contribution in [1.82, 2.24) is 16.0 Å². The van der Waals surface area contributed by atoms with Crippen LogP contribution in [0.1, 0.15) is 49.7 Å². The second-order valence-corrected chi connectivity index (χ2v) is 8.58. The highest BCUT2D eigenvalue weighted by molar-refractivity contribution is 7.98. The summed E-state index contributed by atoms with van der Waals surface area (Å²) in [5.41, 5.74) is 2.46. The van der Waals surface area contributed by atoms with Crippen LogP contribution < -0.4 is 16.0 Å². The van der Waals surface area contributed by atoms with Gasteiger partial charge in [-0.05, 0) is 48.8 Å². The lowest BCUT2D eigenvalue weighted by Gasteiger charge is -2.29. The number of amides is 2. The molecule has 1 aliphatic carbocycles. The molecule has 0 radical (unpaired) electrons. The van der Waals surface area contributed by atoms with E-state index in [-0.39, 0.29) is 23.9 Å². The van der Waals surface area contributed by atoms with Gasteiger partial charge in [0.05, 0.1) is 6.04 Å². The molecule has 1 fully saturated rings. The average Bonchev–Trinajstić information content (AvgIpc) is 2.71. The number of carbonyl (C=O) groups is 2. The summed E-state index contributed by atoms with van der Waals surface area (Å²) < 4.78 is 0. The zero-order chi connectivity index (χ0) is 19.1. The van der Waals surface area contributed by atoms with Gasteiger partial charge in [0.15, 0.2) is 0 Å². The Bertz CT molecular complexity index is 646. The minimum atomic E-state index is -0.453. The van der Waals surface area contributed by atoms with Crippen LogP contribution in [0, 0.1) is 0 Å². The van der Waals surface area contributed by atoms with Crippen LogP contribution in [0.15, 0.2) is 24.3 Å². The summed E-state index contributed by atoms with van der Waals surface area (Å²) in [7, 11) is 0. The molecule has 2 amide bonds. The third-order valence-electron chi connectivity index (χ3n) is 5.59. The largest absolute Gasteiger partial charge is 0.352 e. The minimum absolute atomic E-state index is 0.0273. The van der Waals surface area contributed by atoms with Crippen LogP contribution >= 0.6 is 11.8 Å². The van der Waals surface area contributed by atoms with Crippen LogP contribution in [0.5, 0.6) is 0 Å². The zero-order valence-electron chi connectivity index (χ0n) is 16.1. The molecule has 0 aromatic heterocycles. The fraction of sp³-hybridized carbons (Fsp3) is 0.619. The van der Waals surface area contributed by atoms with Crippen LogP contribution in [-0.2, 0) is 22.6 Å². The molecule has 1 saturated carbocycles. The van der Waals surface area contributed by atoms with Gasteiger partial charge < -0.3 is 16.0 Å². The monoisotopic (exact) mass is 389 g/mol. The van der Waals surface area contributed by atoms with Crippen molar-refractivity contribution in [3.8, 4) is 0 Å². The summed E-state index contributed by atoms with van der Waals surface area (Å²) in [5, 5.41) is 9.49. The smallest absolute Gasteiger partial charge is 0.242 e. The minimum Gasteiger partial charge on any atom is -0.352 e. The van der Waals surface area contributed by atoms with Gasteiger partial charge in [-0.2, -0.15) is 11.8 Å². The van der Waals surface area contributed by atoms with E-state index in [0.29, 0.717) is 19.4 Å². The van der Waals surface area contributed by atoms with Gasteiger partial charge in [-0.15, -0.1) is 0 Å². The van der Waals surface area contributed by atoms with Crippen LogP contribution in [0.3, 0.4) is 0 Å². The number of benzene rings is 1. The topological polar surface area (TPSA) is 70.2 Å². The first-order chi connectivity index (χ1) is 13.2. The Kier molecular flexibility index (Phi) is 7.59. The zero-order valence-corrected chi connectivity index (χ0v) is 16.9. The van der Waals surface area contributed by atoms with E-state index in [9.17, 15) is 9.59 Å². The summed E-state index contributed by atoms with van der Waals surface area (Å²) in [6.45, 7) is 0.692. The molecule has 1 aliphatic heterocycles. The van der Waals surface area contributed by atoms with E-state index in [1.54, 1.807) is 11.8 Å². The van der Waals surface area contributed by atoms with Crippen LogP contribution in [0.2, 0.25) is 0 Å². The molecule has 1 heterocycles. The van der Waals surface area contributed by atoms with Gasteiger partial charge in [-0.1, -0.05) is 43.5 Å². The van der Waals surface area contributed by atoms with E-state index in [0.717, 1.165) is 18.6 Å². The molecule has 3 N–H and O–H groups in total. The molecule has 0 spiro atoms. The van der Waals surface area contributed by atoms with Gasteiger partial charge in [0, 0.05) is 12.6 Å². The molecule has 2 atom stereocenters. The van der Waals surface area contributed by atoms with E-state index in [1.807, 2.05) is 18.4 Å². The first-order valence-electron chi connectivity index (χ1n) is 10.1. The van der Waals surface area contributed by atoms with Gasteiger partial charge in [0.25, 0.3) is 0 Å². The van der Waals surface area contributed by atoms with E-state index in [1.165, 1.54) is 30.4 Å². The van der Waals surface area contributed by atoms with Crippen molar-refractivity contribution in [1.29, 1.82) is 0 Å². The van der Waals surface area contributed by atoms with Crippen molar-refractivity contribution in [3.05, 3.63) is 35.4 Å². The number of carbonyl (C=O) groups excluding carboxylic acids is 2. The molecule has 0 unspecified atom stereocenters. The molecular weight excluding hydrogens is 358 g/mol. The maximum Gasteiger partial charge on any atom is 0.242 e. The highest BCUT2D eigenvalue weighted by atomic mass is 32.2. The maximum absolute atomic E-state index is 12.8. The van der Waals surface area contributed by atoms with Gasteiger partial charge in [0.2, 0.25) is 11.8 Å². The summed E-state index contributed by atoms with van der Waals surface area (Å²) >= 11 is 1.70. The van der Waals surface area contributed by atoms with E-state index in [2.05, 4.69) is 28.1 Å². The summed E-state index contributed by atoms with van der Waals surface area (Å²) in [6.07, 6.45) is 9.07. The summed E-state index contributed by atoms with van der Waals surface area (Å²) in [5.74, 6) is 0.749. The quantitative estimate of drug-likeness (QED) is 0.670. The number of fused-ring (bicyclic) bond motifs is 1. The van der Waals surface area contributed by atoms with Crippen LogP contribution in [0.25, 0.3) is 0 Å². The van der Waals surface area contributed by atoms with Gasteiger partial charge in [-0.3, -0.25) is 9.59 Å². The van der Waals surface area contributed by atoms with Gasteiger partial charge in [-0.25, -0.2) is 0 Å². The molecule has 0 bridgehead atoms. The highest BCUT2D eigenvalue weighted by Crippen LogP contribution is 2.18. The summed E-state index contributed by atoms with van der Waals surface area (Å²) in [6, 6.07) is 7.74. The standard InChI is InChI=1S/C21H31N3O2S/c1-27-12-11-18(20(25)23-17-9-3-2-4-10-17)24-21(26)19-13-15-7-5-6-8-16(15)14-22-19/h5-8,17-19,22H,2-4,9-14H2,1H3,(H,23,25)(H,24,26)/t18-,19-/m0/s1. The second kappa shape index (κ2) is 10.1. The van der Waals surface area contributed by atoms with E-state index >= 15 is 0 Å². The van der Waals surface area contributed by atoms with Crippen molar-refractivity contribution in [2.24, 2.45) is 0 Å². The van der Waals surface area contributed by atoms with E-state index < -0.39 is 6.04 Å². The number of hydrogen-bond acceptors (Lipinski definition) is 4. The lowest BCUT2D eigenvalue weighted by Crippen LogP contribution is -2.55. The Balaban J connectivity index is 1.58. The third kappa shape index (κ3) is 5.72. The molecule has 27 heavy (non-hydrogen) atoms.